The van der Waals surface area contributed by atoms with Gasteiger partial charge in [-0.15, -0.1) is 69.1 Å². The maximum atomic E-state index is 2.38. The number of rotatable bonds is 6. The van der Waals surface area contributed by atoms with Gasteiger partial charge < -0.3 is 24.8 Å². The molecule has 53 heavy (non-hydrogen) atoms. The molecule has 2 aliphatic rings. The number of halogens is 2. The van der Waals surface area contributed by atoms with Gasteiger partial charge in [-0.05, 0) is 72.1 Å². The van der Waals surface area contributed by atoms with E-state index in [9.17, 15) is 0 Å². The van der Waals surface area contributed by atoms with E-state index in [0.29, 0.717) is 5.92 Å². The van der Waals surface area contributed by atoms with Crippen LogP contribution in [0.15, 0.2) is 109 Å². The molecule has 278 valence electrons. The van der Waals surface area contributed by atoms with Gasteiger partial charge in [-0.2, -0.15) is 12.1 Å². The first-order valence-corrected chi connectivity index (χ1v) is 26.1. The molecule has 0 saturated heterocycles. The maximum Gasteiger partial charge on any atom is -1.00 e. The van der Waals surface area contributed by atoms with Crippen molar-refractivity contribution in [3.63, 3.8) is 0 Å². The Morgan fingerprint density at radius 2 is 1.02 bits per heavy atom. The molecule has 0 N–H and O–H groups in total. The topological polar surface area (TPSA) is 0 Å². The van der Waals surface area contributed by atoms with Gasteiger partial charge in [-0.3, -0.25) is 0 Å². The molecular formula is C49H58Cl2SiZr-2. The van der Waals surface area contributed by atoms with E-state index in [1.54, 1.807) is 23.3 Å². The van der Waals surface area contributed by atoms with Crippen LogP contribution < -0.4 is 24.8 Å². The molecule has 2 fully saturated rings. The van der Waals surface area contributed by atoms with Gasteiger partial charge in [0, 0.05) is 0 Å². The van der Waals surface area contributed by atoms with Gasteiger partial charge in [0.25, 0.3) is 0 Å². The van der Waals surface area contributed by atoms with Gasteiger partial charge in [-0.1, -0.05) is 131 Å². The molecule has 0 spiro atoms. The SMILES string of the molecule is CC(C)c1cc2c(-c3ccc(C4CCCCC4)cc3)cccc2[cH-]1.CCc1cc2c(-c3ccc(C4CCCCC4)cc3)cccc2[cH-]1.C[Si](C)=[Zr+2].[Cl-].[Cl-]. The summed E-state index contributed by atoms with van der Waals surface area (Å²) in [4.78, 5) is 0. The van der Waals surface area contributed by atoms with Crippen molar-refractivity contribution in [1.29, 1.82) is 0 Å². The van der Waals surface area contributed by atoms with Crippen molar-refractivity contribution in [2.75, 3.05) is 0 Å². The first kappa shape index (κ1) is 43.5. The minimum absolute atomic E-state index is 0. The van der Waals surface area contributed by atoms with Crippen LogP contribution in [0.5, 0.6) is 0 Å². The van der Waals surface area contributed by atoms with E-state index in [4.69, 9.17) is 0 Å². The van der Waals surface area contributed by atoms with Crippen LogP contribution >= 0.6 is 0 Å². The van der Waals surface area contributed by atoms with Crippen LogP contribution in [0.2, 0.25) is 13.1 Å². The summed E-state index contributed by atoms with van der Waals surface area (Å²) in [5.74, 6) is 2.16. The molecule has 0 atom stereocenters. The third-order valence-electron chi connectivity index (χ3n) is 11.3. The normalized spacial score (nSPS) is 14.8. The summed E-state index contributed by atoms with van der Waals surface area (Å²) < 4.78 is 0. The smallest absolute Gasteiger partial charge is 1.00 e. The second kappa shape index (κ2) is 21.2. The molecule has 4 heteroatoms. The summed E-state index contributed by atoms with van der Waals surface area (Å²) >= 11 is 1.74. The quantitative estimate of drug-likeness (QED) is 0.116. The fourth-order valence-electron chi connectivity index (χ4n) is 8.34. The Morgan fingerprint density at radius 1 is 0.604 bits per heavy atom. The predicted octanol–water partition coefficient (Wildman–Crippen LogP) is 9.02. The van der Waals surface area contributed by atoms with Crippen molar-refractivity contribution in [3.8, 4) is 22.3 Å². The molecule has 0 heterocycles. The Hall–Kier alpha value is -2.22. The average molecular weight is 837 g/mol. The number of aryl methyl sites for hydroxylation is 1. The zero-order valence-corrected chi connectivity index (χ0v) is 37.6. The van der Waals surface area contributed by atoms with Crippen molar-refractivity contribution in [2.45, 2.75) is 122 Å². The van der Waals surface area contributed by atoms with Crippen molar-refractivity contribution in [2.24, 2.45) is 0 Å². The fourth-order valence-corrected chi connectivity index (χ4v) is 8.34. The first-order chi connectivity index (χ1) is 24.8. The van der Waals surface area contributed by atoms with Crippen LogP contribution in [0.3, 0.4) is 0 Å². The largest absolute Gasteiger partial charge is 1.00 e. The summed E-state index contributed by atoms with van der Waals surface area (Å²) in [6.07, 6.45) is 15.0. The van der Waals surface area contributed by atoms with Crippen LogP contribution in [-0.2, 0) is 29.8 Å². The Labute approximate surface area is 348 Å². The molecule has 0 aliphatic heterocycles. The van der Waals surface area contributed by atoms with E-state index in [2.05, 4.69) is 143 Å². The summed E-state index contributed by atoms with van der Waals surface area (Å²) in [6.45, 7) is 11.4. The molecule has 2 aliphatic carbocycles. The Morgan fingerprint density at radius 3 is 1.43 bits per heavy atom. The van der Waals surface area contributed by atoms with Crippen molar-refractivity contribution in [1.82, 2.24) is 0 Å². The Balaban J connectivity index is 0.000000208. The van der Waals surface area contributed by atoms with Crippen LogP contribution in [0.4, 0.5) is 0 Å². The van der Waals surface area contributed by atoms with Gasteiger partial charge >= 0.3 is 41.9 Å². The molecule has 0 bridgehead atoms. The third kappa shape index (κ3) is 11.4. The van der Waals surface area contributed by atoms with Gasteiger partial charge in [0.1, 0.15) is 0 Å². The van der Waals surface area contributed by atoms with Gasteiger partial charge in [0.2, 0.25) is 0 Å². The van der Waals surface area contributed by atoms with E-state index < -0.39 is 0 Å². The Kier molecular flexibility index (Phi) is 17.4. The zero-order valence-electron chi connectivity index (χ0n) is 32.7. The number of fused-ring (bicyclic) bond motifs is 2. The molecule has 8 rings (SSSR count). The summed E-state index contributed by atoms with van der Waals surface area (Å²) in [5, 5.41) is 5.53. The molecule has 0 nitrogen and oxygen atoms in total. The second-order valence-corrected chi connectivity index (χ2v) is 25.1. The van der Waals surface area contributed by atoms with Crippen molar-refractivity contribution >= 4 is 27.0 Å². The summed E-state index contributed by atoms with van der Waals surface area (Å²) in [7, 11) is 0. The first-order valence-electron chi connectivity index (χ1n) is 19.9. The third-order valence-corrected chi connectivity index (χ3v) is 11.3. The Bertz CT molecular complexity index is 2000. The van der Waals surface area contributed by atoms with Crippen LogP contribution in [0.25, 0.3) is 43.8 Å². The predicted molar refractivity (Wildman–Crippen MR) is 223 cm³/mol. The summed E-state index contributed by atoms with van der Waals surface area (Å²) in [6, 6.07) is 41.6. The van der Waals surface area contributed by atoms with E-state index in [1.165, 1.54) is 130 Å². The molecule has 2 saturated carbocycles. The molecule has 0 aromatic heterocycles. The number of benzene rings is 4. The minimum atomic E-state index is 0. The van der Waals surface area contributed by atoms with Gasteiger partial charge in [-0.25, -0.2) is 0 Å². The number of hydrogen-bond acceptors (Lipinski definition) is 0. The molecule has 0 amide bonds. The van der Waals surface area contributed by atoms with E-state index >= 15 is 0 Å². The molecule has 6 aromatic rings. The van der Waals surface area contributed by atoms with E-state index in [0.717, 1.165) is 18.3 Å². The van der Waals surface area contributed by atoms with E-state index in [1.807, 2.05) is 0 Å². The fraction of sp³-hybridized carbons (Fsp3) is 0.388. The number of hydrogen-bond donors (Lipinski definition) is 0. The molecular weight excluding hydrogens is 779 g/mol. The minimum Gasteiger partial charge on any atom is -1.00 e. The molecule has 0 unspecified atom stereocenters. The zero-order chi connectivity index (χ0) is 35.7. The van der Waals surface area contributed by atoms with Gasteiger partial charge in [0.15, 0.2) is 0 Å². The van der Waals surface area contributed by atoms with Crippen molar-refractivity contribution in [3.05, 3.63) is 131 Å². The standard InChI is InChI=1S/C24H27.C23H25.C2H6Si.2ClH.Zr/c1-17(2)22-15-21-9-6-10-23(24(21)16-22)20-13-11-19(12-14-20)18-7-4-3-5-8-18;1-2-17-15-21-9-6-10-22(23(21)16-17)20-13-11-19(12-14-20)18-7-4-3-5-8-18;1-3-2;;;/h6,9-18H,3-5,7-8H2,1-2H3;6,9-16,18H,2-5,7-8H2,1H3;1-2H3;2*1H;/q2*-1;;;;+2/p-2. The van der Waals surface area contributed by atoms with Crippen LogP contribution in [0, 0.1) is 0 Å². The van der Waals surface area contributed by atoms with E-state index in [-0.39, 0.29) is 30.2 Å². The average Bonchev–Trinajstić information content (AvgIpc) is 3.81. The second-order valence-electron chi connectivity index (χ2n) is 15.7. The van der Waals surface area contributed by atoms with Crippen LogP contribution in [0.1, 0.15) is 125 Å². The maximum absolute atomic E-state index is 2.38. The molecule has 0 radical (unpaired) electrons. The molecule has 6 aromatic carbocycles. The van der Waals surface area contributed by atoms with Crippen molar-refractivity contribution < 1.29 is 48.1 Å². The van der Waals surface area contributed by atoms with Gasteiger partial charge in [0.05, 0.1) is 0 Å². The van der Waals surface area contributed by atoms with Crippen LogP contribution in [-0.4, -0.2) is 5.43 Å². The summed E-state index contributed by atoms with van der Waals surface area (Å²) in [5.41, 5.74) is 11.6. The monoisotopic (exact) mass is 834 g/mol.